The highest BCUT2D eigenvalue weighted by atomic mass is 32.2. The monoisotopic (exact) mass is 292 g/mol. The van der Waals surface area contributed by atoms with Crippen molar-refractivity contribution < 1.29 is 18.1 Å². The fourth-order valence-corrected chi connectivity index (χ4v) is 1.90. The lowest BCUT2D eigenvalue weighted by atomic mass is 10.1. The Balaban J connectivity index is 2.62. The lowest BCUT2D eigenvalue weighted by Crippen LogP contribution is -2.50. The van der Waals surface area contributed by atoms with Crippen molar-refractivity contribution in [3.8, 4) is 0 Å². The van der Waals surface area contributed by atoms with Gasteiger partial charge in [-0.25, -0.2) is 4.39 Å². The quantitative estimate of drug-likeness (QED) is 0.619. The van der Waals surface area contributed by atoms with E-state index in [1.165, 1.54) is 11.8 Å². The SMILES string of the molecule is CSCCC(F)(C(=O)NCc1ccccc1)N(F)F. The van der Waals surface area contributed by atoms with E-state index in [4.69, 9.17) is 0 Å². The molecule has 1 atom stereocenters. The lowest BCUT2D eigenvalue weighted by molar-refractivity contribution is -0.269. The Morgan fingerprint density at radius 1 is 1.37 bits per heavy atom. The van der Waals surface area contributed by atoms with Gasteiger partial charge in [0.05, 0.1) is 5.34 Å². The van der Waals surface area contributed by atoms with E-state index in [9.17, 15) is 18.1 Å². The van der Waals surface area contributed by atoms with E-state index in [-0.39, 0.29) is 12.3 Å². The smallest absolute Gasteiger partial charge is 0.299 e. The highest BCUT2D eigenvalue weighted by molar-refractivity contribution is 7.98. The second-order valence-electron chi connectivity index (χ2n) is 3.90. The number of halogens is 3. The minimum absolute atomic E-state index is 0.0124. The van der Waals surface area contributed by atoms with Crippen molar-refractivity contribution in [1.82, 2.24) is 10.7 Å². The van der Waals surface area contributed by atoms with Crippen LogP contribution in [0, 0.1) is 0 Å². The number of nitrogens with zero attached hydrogens (tertiary/aromatic N) is 1. The second-order valence-corrected chi connectivity index (χ2v) is 4.89. The molecule has 0 saturated carbocycles. The molecule has 7 heteroatoms. The molecule has 106 valence electrons. The standard InChI is InChI=1S/C12H15F3N2OS/c1-19-8-7-12(13,17(14)15)11(18)16-9-10-5-3-2-4-6-10/h2-6H,7-9H2,1H3,(H,16,18). The molecule has 0 aliphatic rings. The maximum Gasteiger partial charge on any atom is 0.299 e. The number of amides is 1. The highest BCUT2D eigenvalue weighted by Crippen LogP contribution is 2.25. The largest absolute Gasteiger partial charge is 0.348 e. The minimum atomic E-state index is -3.28. The first-order valence-corrected chi connectivity index (χ1v) is 7.02. The highest BCUT2D eigenvalue weighted by Gasteiger charge is 2.46. The number of carbonyl (C=O) groups excluding carboxylic acids is 1. The predicted molar refractivity (Wildman–Crippen MR) is 69.2 cm³/mol. The van der Waals surface area contributed by atoms with Crippen molar-refractivity contribution in [1.29, 1.82) is 0 Å². The Morgan fingerprint density at radius 3 is 2.53 bits per heavy atom. The summed E-state index contributed by atoms with van der Waals surface area (Å²) in [7, 11) is 0. The average molecular weight is 292 g/mol. The number of rotatable bonds is 7. The first-order valence-electron chi connectivity index (χ1n) is 5.62. The zero-order valence-corrected chi connectivity index (χ0v) is 11.2. The van der Waals surface area contributed by atoms with E-state index < -0.39 is 23.5 Å². The Hall–Kier alpha value is -1.21. The van der Waals surface area contributed by atoms with Crippen LogP contribution < -0.4 is 5.32 Å². The lowest BCUT2D eigenvalue weighted by Gasteiger charge is -2.23. The molecule has 0 aliphatic carbocycles. The molecule has 1 aromatic carbocycles. The second kappa shape index (κ2) is 7.40. The third kappa shape index (κ3) is 4.43. The van der Waals surface area contributed by atoms with Crippen LogP contribution in [-0.2, 0) is 11.3 Å². The van der Waals surface area contributed by atoms with Gasteiger partial charge in [-0.2, -0.15) is 11.8 Å². The molecule has 19 heavy (non-hydrogen) atoms. The number of hydrogen-bond acceptors (Lipinski definition) is 3. The first kappa shape index (κ1) is 15.8. The third-order valence-corrected chi connectivity index (χ3v) is 3.16. The summed E-state index contributed by atoms with van der Waals surface area (Å²) in [6, 6.07) is 8.70. The van der Waals surface area contributed by atoms with Gasteiger partial charge in [0, 0.05) is 13.0 Å². The molecular formula is C12H15F3N2OS. The fraction of sp³-hybridized carbons (Fsp3) is 0.417. The zero-order chi connectivity index (χ0) is 14.3. The van der Waals surface area contributed by atoms with E-state index in [1.54, 1.807) is 36.6 Å². The predicted octanol–water partition coefficient (Wildman–Crippen LogP) is 2.79. The van der Waals surface area contributed by atoms with Gasteiger partial charge in [0.15, 0.2) is 0 Å². The molecule has 1 N–H and O–H groups in total. The number of alkyl halides is 1. The third-order valence-electron chi connectivity index (χ3n) is 2.55. The maximum absolute atomic E-state index is 13.9. The van der Waals surface area contributed by atoms with Crippen molar-refractivity contribution in [2.24, 2.45) is 0 Å². The molecule has 0 heterocycles. The molecule has 0 spiro atoms. The molecule has 1 rings (SSSR count). The summed E-state index contributed by atoms with van der Waals surface area (Å²) in [5, 5.41) is 0.522. The summed E-state index contributed by atoms with van der Waals surface area (Å²) in [4.78, 5) is 11.6. The summed E-state index contributed by atoms with van der Waals surface area (Å²) in [5.74, 6) is -4.48. The Morgan fingerprint density at radius 2 is 2.00 bits per heavy atom. The van der Waals surface area contributed by atoms with Gasteiger partial charge in [-0.3, -0.25) is 4.79 Å². The van der Waals surface area contributed by atoms with Crippen molar-refractivity contribution >= 4 is 17.7 Å². The Kier molecular flexibility index (Phi) is 6.17. The molecule has 0 bridgehead atoms. The molecule has 0 aromatic heterocycles. The number of benzene rings is 1. The van der Waals surface area contributed by atoms with Gasteiger partial charge in [-0.15, -0.1) is 0 Å². The summed E-state index contributed by atoms with van der Waals surface area (Å²) < 4.78 is 39.1. The molecule has 0 fully saturated rings. The summed E-state index contributed by atoms with van der Waals surface area (Å²) >= 11 is 1.20. The topological polar surface area (TPSA) is 32.3 Å². The van der Waals surface area contributed by atoms with Crippen LogP contribution in [0.25, 0.3) is 0 Å². The Bertz CT molecular complexity index is 405. The van der Waals surface area contributed by atoms with Crippen LogP contribution in [0.15, 0.2) is 30.3 Å². The van der Waals surface area contributed by atoms with Crippen molar-refractivity contribution in [2.75, 3.05) is 12.0 Å². The van der Waals surface area contributed by atoms with Gasteiger partial charge in [-0.05, 0) is 17.6 Å². The molecule has 3 nitrogen and oxygen atoms in total. The van der Waals surface area contributed by atoms with Crippen LogP contribution >= 0.6 is 11.8 Å². The maximum atomic E-state index is 13.9. The van der Waals surface area contributed by atoms with E-state index in [1.807, 2.05) is 0 Å². The summed E-state index contributed by atoms with van der Waals surface area (Å²) in [5.41, 5.74) is 0.715. The molecule has 0 saturated heterocycles. The van der Waals surface area contributed by atoms with E-state index in [2.05, 4.69) is 5.32 Å². The van der Waals surface area contributed by atoms with Crippen LogP contribution in [0.2, 0.25) is 0 Å². The van der Waals surface area contributed by atoms with E-state index in [0.29, 0.717) is 5.56 Å². The van der Waals surface area contributed by atoms with E-state index >= 15 is 0 Å². The van der Waals surface area contributed by atoms with Gasteiger partial charge in [-0.1, -0.05) is 39.3 Å². The molecule has 0 radical (unpaired) electrons. The molecular weight excluding hydrogens is 277 g/mol. The normalized spacial score (nSPS) is 14.2. The van der Waals surface area contributed by atoms with Crippen LogP contribution in [-0.4, -0.2) is 29.1 Å². The van der Waals surface area contributed by atoms with Gasteiger partial charge in [0.1, 0.15) is 0 Å². The molecule has 0 aliphatic heterocycles. The number of nitrogens with one attached hydrogen (secondary N) is 1. The molecule has 1 unspecified atom stereocenters. The van der Waals surface area contributed by atoms with Gasteiger partial charge in [0.2, 0.25) is 0 Å². The fourth-order valence-electron chi connectivity index (χ4n) is 1.43. The van der Waals surface area contributed by atoms with E-state index in [0.717, 1.165) is 0 Å². The van der Waals surface area contributed by atoms with Gasteiger partial charge >= 0.3 is 0 Å². The zero-order valence-electron chi connectivity index (χ0n) is 10.4. The van der Waals surface area contributed by atoms with Crippen LogP contribution in [0.1, 0.15) is 12.0 Å². The van der Waals surface area contributed by atoms with Crippen molar-refractivity contribution in [3.63, 3.8) is 0 Å². The average Bonchev–Trinajstić information content (AvgIpc) is 2.42. The minimum Gasteiger partial charge on any atom is -0.348 e. The Labute approximate surface area is 114 Å². The van der Waals surface area contributed by atoms with Crippen molar-refractivity contribution in [2.45, 2.75) is 18.8 Å². The molecule has 1 aromatic rings. The van der Waals surface area contributed by atoms with Crippen LogP contribution in [0.3, 0.4) is 0 Å². The van der Waals surface area contributed by atoms with Gasteiger partial charge in [0.25, 0.3) is 11.7 Å². The number of hydrogen-bond donors (Lipinski definition) is 1. The van der Waals surface area contributed by atoms with Crippen LogP contribution in [0.5, 0.6) is 0 Å². The summed E-state index contributed by atoms with van der Waals surface area (Å²) in [6.07, 6.45) is 1.09. The van der Waals surface area contributed by atoms with Crippen LogP contribution in [0.4, 0.5) is 13.4 Å². The molecule has 1 amide bonds. The van der Waals surface area contributed by atoms with Gasteiger partial charge < -0.3 is 5.32 Å². The first-order chi connectivity index (χ1) is 9.00. The van der Waals surface area contributed by atoms with Crippen molar-refractivity contribution in [3.05, 3.63) is 35.9 Å². The number of carbonyl (C=O) groups is 1. The number of thioether (sulfide) groups is 1. The summed E-state index contributed by atoms with van der Waals surface area (Å²) in [6.45, 7) is 0.0124.